The molecule has 0 radical (unpaired) electrons. The molecule has 0 aliphatic carbocycles. The van der Waals surface area contributed by atoms with Gasteiger partial charge >= 0.3 is 18.1 Å². The van der Waals surface area contributed by atoms with Gasteiger partial charge in [-0.2, -0.15) is 13.2 Å². The molecule has 0 saturated carbocycles. The minimum Gasteiger partial charge on any atom is -0.478 e. The number of rotatable bonds is 3. The number of carboxylic acids is 2. The molecule has 0 bridgehead atoms. The summed E-state index contributed by atoms with van der Waals surface area (Å²) >= 11 is 0. The fraction of sp³-hybridized carbons (Fsp3) is 0.0769. The standard InChI is InChI=1S/C11H9N3O2.C2HF3O2/c15-11(16)8-2-1-3-9(6-8)14-10-7-12-4-5-13-10;3-2(4,5)1(6)7/h1-7H,(H,13,14)(H,15,16);(H,6,7). The summed E-state index contributed by atoms with van der Waals surface area (Å²) in [5.74, 6) is -3.14. The summed E-state index contributed by atoms with van der Waals surface area (Å²) in [6.07, 6.45) is -0.393. The summed E-state index contributed by atoms with van der Waals surface area (Å²) in [7, 11) is 0. The van der Waals surface area contributed by atoms with E-state index in [1.54, 1.807) is 30.7 Å². The molecule has 1 aromatic carbocycles. The van der Waals surface area contributed by atoms with Crippen LogP contribution >= 0.6 is 0 Å². The summed E-state index contributed by atoms with van der Waals surface area (Å²) < 4.78 is 31.7. The number of aromatic carboxylic acids is 1. The van der Waals surface area contributed by atoms with E-state index in [2.05, 4.69) is 15.3 Å². The molecule has 7 nitrogen and oxygen atoms in total. The van der Waals surface area contributed by atoms with Gasteiger partial charge in [0.25, 0.3) is 0 Å². The Morgan fingerprint density at radius 2 is 1.78 bits per heavy atom. The van der Waals surface area contributed by atoms with Gasteiger partial charge in [-0.1, -0.05) is 6.07 Å². The molecular formula is C13H10F3N3O4. The van der Waals surface area contributed by atoms with E-state index in [1.165, 1.54) is 12.1 Å². The topological polar surface area (TPSA) is 112 Å². The molecule has 1 aromatic heterocycles. The predicted octanol–water partition coefficient (Wildman–Crippen LogP) is 2.55. The molecule has 122 valence electrons. The number of hydrogen-bond donors (Lipinski definition) is 3. The van der Waals surface area contributed by atoms with Gasteiger partial charge in [-0.05, 0) is 18.2 Å². The molecule has 0 fully saturated rings. The highest BCUT2D eigenvalue weighted by Crippen LogP contribution is 2.15. The lowest BCUT2D eigenvalue weighted by Gasteiger charge is -2.04. The first-order chi connectivity index (χ1) is 10.7. The second kappa shape index (κ2) is 7.73. The molecule has 23 heavy (non-hydrogen) atoms. The lowest BCUT2D eigenvalue weighted by atomic mass is 10.2. The van der Waals surface area contributed by atoms with E-state index in [1.807, 2.05) is 0 Å². The number of aromatic nitrogens is 2. The van der Waals surface area contributed by atoms with Crippen molar-refractivity contribution < 1.29 is 33.0 Å². The second-order valence-corrected chi connectivity index (χ2v) is 3.90. The van der Waals surface area contributed by atoms with Crippen LogP contribution in [0.5, 0.6) is 0 Å². The first-order valence-corrected chi connectivity index (χ1v) is 5.86. The maximum absolute atomic E-state index is 10.7. The van der Waals surface area contributed by atoms with Crippen LogP contribution in [-0.2, 0) is 4.79 Å². The Morgan fingerprint density at radius 3 is 2.26 bits per heavy atom. The van der Waals surface area contributed by atoms with Crippen LogP contribution in [0.4, 0.5) is 24.7 Å². The Hall–Kier alpha value is -3.17. The number of halogens is 3. The third-order valence-electron chi connectivity index (χ3n) is 2.19. The molecule has 1 heterocycles. The van der Waals surface area contributed by atoms with Crippen molar-refractivity contribution in [2.45, 2.75) is 6.18 Å². The van der Waals surface area contributed by atoms with Gasteiger partial charge in [0.05, 0.1) is 11.8 Å². The largest absolute Gasteiger partial charge is 0.490 e. The number of carboxylic acid groups (broad SMARTS) is 2. The van der Waals surface area contributed by atoms with Crippen LogP contribution in [0.3, 0.4) is 0 Å². The third-order valence-corrected chi connectivity index (χ3v) is 2.19. The zero-order valence-corrected chi connectivity index (χ0v) is 11.3. The zero-order chi connectivity index (χ0) is 17.5. The van der Waals surface area contributed by atoms with E-state index in [9.17, 15) is 18.0 Å². The molecule has 10 heteroatoms. The molecule has 0 saturated heterocycles. The maximum Gasteiger partial charge on any atom is 0.490 e. The first-order valence-electron chi connectivity index (χ1n) is 5.86. The van der Waals surface area contributed by atoms with Gasteiger partial charge in [0.1, 0.15) is 5.82 Å². The monoisotopic (exact) mass is 329 g/mol. The SMILES string of the molecule is O=C(O)C(F)(F)F.O=C(O)c1cccc(Nc2cnccn2)c1. The summed E-state index contributed by atoms with van der Waals surface area (Å²) in [5.41, 5.74) is 0.897. The number of aliphatic carboxylic acids is 1. The Morgan fingerprint density at radius 1 is 1.13 bits per heavy atom. The average molecular weight is 329 g/mol. The minimum atomic E-state index is -5.08. The van der Waals surface area contributed by atoms with Crippen LogP contribution in [0, 0.1) is 0 Å². The molecule has 2 rings (SSSR count). The molecule has 0 unspecified atom stereocenters. The van der Waals surface area contributed by atoms with Crippen molar-refractivity contribution in [1.82, 2.24) is 9.97 Å². The molecule has 0 spiro atoms. The first kappa shape index (κ1) is 17.9. The fourth-order valence-corrected chi connectivity index (χ4v) is 1.24. The second-order valence-electron chi connectivity index (χ2n) is 3.90. The fourth-order valence-electron chi connectivity index (χ4n) is 1.24. The normalized spacial score (nSPS) is 10.2. The van der Waals surface area contributed by atoms with Gasteiger partial charge in [0.2, 0.25) is 0 Å². The Kier molecular flexibility index (Phi) is 6.01. The molecule has 0 amide bonds. The summed E-state index contributed by atoms with van der Waals surface area (Å²) in [5, 5.41) is 18.9. The predicted molar refractivity (Wildman–Crippen MR) is 72.4 cm³/mol. The summed E-state index contributed by atoms with van der Waals surface area (Å²) in [6.45, 7) is 0. The van der Waals surface area contributed by atoms with Crippen molar-refractivity contribution in [3.05, 3.63) is 48.4 Å². The number of hydrogen-bond acceptors (Lipinski definition) is 5. The molecule has 0 atom stereocenters. The van der Waals surface area contributed by atoms with Crippen molar-refractivity contribution in [2.75, 3.05) is 5.32 Å². The maximum atomic E-state index is 10.7. The highest BCUT2D eigenvalue weighted by atomic mass is 19.4. The van der Waals surface area contributed by atoms with Gasteiger partial charge < -0.3 is 15.5 Å². The Labute approximate surface area is 127 Å². The Bertz CT molecular complexity index is 678. The van der Waals surface area contributed by atoms with E-state index < -0.39 is 18.1 Å². The van der Waals surface area contributed by atoms with Crippen molar-refractivity contribution in [1.29, 1.82) is 0 Å². The van der Waals surface area contributed by atoms with E-state index in [0.717, 1.165) is 0 Å². The van der Waals surface area contributed by atoms with E-state index in [0.29, 0.717) is 11.5 Å². The lowest BCUT2D eigenvalue weighted by Crippen LogP contribution is -2.21. The van der Waals surface area contributed by atoms with E-state index in [-0.39, 0.29) is 5.56 Å². The number of benzene rings is 1. The Balaban J connectivity index is 0.000000322. The quantitative estimate of drug-likeness (QED) is 0.793. The van der Waals surface area contributed by atoms with Gasteiger partial charge in [0.15, 0.2) is 0 Å². The van der Waals surface area contributed by atoms with Crippen LogP contribution in [0.2, 0.25) is 0 Å². The molecule has 0 aliphatic rings. The van der Waals surface area contributed by atoms with Crippen LogP contribution in [0.15, 0.2) is 42.9 Å². The minimum absolute atomic E-state index is 0.230. The molecule has 0 aliphatic heterocycles. The van der Waals surface area contributed by atoms with Crippen molar-refractivity contribution in [3.63, 3.8) is 0 Å². The van der Waals surface area contributed by atoms with Crippen LogP contribution in [-0.4, -0.2) is 38.3 Å². The van der Waals surface area contributed by atoms with Gasteiger partial charge in [-0.25, -0.2) is 14.6 Å². The molecule has 3 N–H and O–H groups in total. The number of anilines is 2. The number of nitrogens with one attached hydrogen (secondary N) is 1. The smallest absolute Gasteiger partial charge is 0.478 e. The zero-order valence-electron chi connectivity index (χ0n) is 11.3. The summed E-state index contributed by atoms with van der Waals surface area (Å²) in [6, 6.07) is 6.50. The van der Waals surface area contributed by atoms with Crippen LogP contribution < -0.4 is 5.32 Å². The highest BCUT2D eigenvalue weighted by molar-refractivity contribution is 5.89. The van der Waals surface area contributed by atoms with Gasteiger partial charge in [-0.3, -0.25) is 4.98 Å². The van der Waals surface area contributed by atoms with Crippen molar-refractivity contribution >= 4 is 23.4 Å². The van der Waals surface area contributed by atoms with E-state index in [4.69, 9.17) is 15.0 Å². The molecule has 2 aromatic rings. The lowest BCUT2D eigenvalue weighted by molar-refractivity contribution is -0.192. The van der Waals surface area contributed by atoms with Gasteiger partial charge in [-0.15, -0.1) is 0 Å². The van der Waals surface area contributed by atoms with Crippen molar-refractivity contribution in [3.8, 4) is 0 Å². The van der Waals surface area contributed by atoms with Crippen LogP contribution in [0.25, 0.3) is 0 Å². The van der Waals surface area contributed by atoms with E-state index >= 15 is 0 Å². The summed E-state index contributed by atoms with van der Waals surface area (Å²) in [4.78, 5) is 27.6. The third kappa shape index (κ3) is 6.42. The molecular weight excluding hydrogens is 319 g/mol. The van der Waals surface area contributed by atoms with Crippen LogP contribution in [0.1, 0.15) is 10.4 Å². The number of carbonyl (C=O) groups is 2. The number of alkyl halides is 3. The van der Waals surface area contributed by atoms with Crippen molar-refractivity contribution in [2.24, 2.45) is 0 Å². The average Bonchev–Trinajstić information content (AvgIpc) is 2.48. The van der Waals surface area contributed by atoms with Gasteiger partial charge in [0, 0.05) is 18.1 Å². The number of nitrogens with zero attached hydrogens (tertiary/aromatic N) is 2. The highest BCUT2D eigenvalue weighted by Gasteiger charge is 2.38.